The van der Waals surface area contributed by atoms with Gasteiger partial charge in [0.1, 0.15) is 5.83 Å². The van der Waals surface area contributed by atoms with Gasteiger partial charge in [0.15, 0.2) is 0 Å². The van der Waals surface area contributed by atoms with Crippen LogP contribution in [0.2, 0.25) is 0 Å². The molecule has 0 spiro atoms. The second-order valence-corrected chi connectivity index (χ2v) is 3.32. The Morgan fingerprint density at radius 3 is 2.62 bits per heavy atom. The molecule has 0 radical (unpaired) electrons. The maximum atomic E-state index is 13.3. The number of halogens is 1. The third-order valence-electron chi connectivity index (χ3n) is 1.74. The van der Waals surface area contributed by atoms with Crippen LogP contribution in [0.15, 0.2) is 47.6 Å². The van der Waals surface area contributed by atoms with Gasteiger partial charge in [-0.1, -0.05) is 30.3 Å². The van der Waals surface area contributed by atoms with Crippen LogP contribution in [0, 0.1) is 0 Å². The largest absolute Gasteiger partial charge is 0.323 e. The minimum absolute atomic E-state index is 0.218. The summed E-state index contributed by atoms with van der Waals surface area (Å²) in [4.78, 5) is 0. The maximum absolute atomic E-state index is 13.3. The summed E-state index contributed by atoms with van der Waals surface area (Å²) in [5, 5.41) is 1.68. The van der Waals surface area contributed by atoms with Gasteiger partial charge in [-0.05, 0) is 23.4 Å². The molecule has 1 aromatic carbocycles. The van der Waals surface area contributed by atoms with Crippen molar-refractivity contribution in [1.82, 2.24) is 4.72 Å². The highest BCUT2D eigenvalue weighted by Crippen LogP contribution is 2.24. The summed E-state index contributed by atoms with van der Waals surface area (Å²) in [6.45, 7) is 0. The van der Waals surface area contributed by atoms with Crippen molar-refractivity contribution in [2.75, 3.05) is 0 Å². The molecule has 66 valence electrons. The van der Waals surface area contributed by atoms with Gasteiger partial charge in [-0.2, -0.15) is 0 Å². The van der Waals surface area contributed by atoms with Gasteiger partial charge in [-0.25, -0.2) is 4.39 Å². The summed E-state index contributed by atoms with van der Waals surface area (Å²) < 4.78 is 16.2. The van der Waals surface area contributed by atoms with E-state index in [0.29, 0.717) is 5.70 Å². The molecule has 0 atom stereocenters. The zero-order valence-electron chi connectivity index (χ0n) is 6.83. The molecule has 0 unspecified atom stereocenters. The third kappa shape index (κ3) is 1.75. The average Bonchev–Trinajstić information content (AvgIpc) is 2.20. The first-order valence-corrected chi connectivity index (χ1v) is 4.79. The third-order valence-corrected chi connectivity index (χ3v) is 2.34. The molecular formula is C10H8FNS. The van der Waals surface area contributed by atoms with Crippen molar-refractivity contribution >= 4 is 17.6 Å². The standard InChI is InChI=1S/C10H8FNS/c11-9-6-7-13-12-10(9)8-4-2-1-3-5-8/h1-7,12H. The van der Waals surface area contributed by atoms with Gasteiger partial charge < -0.3 is 4.72 Å². The van der Waals surface area contributed by atoms with Gasteiger partial charge in [-0.15, -0.1) is 0 Å². The predicted octanol–water partition coefficient (Wildman–Crippen LogP) is 3.09. The molecule has 1 heterocycles. The van der Waals surface area contributed by atoms with Crippen molar-refractivity contribution < 1.29 is 4.39 Å². The molecule has 1 aromatic rings. The van der Waals surface area contributed by atoms with E-state index in [1.165, 1.54) is 18.0 Å². The molecular weight excluding hydrogens is 185 g/mol. The normalized spacial score (nSPS) is 15.8. The minimum atomic E-state index is -0.218. The number of rotatable bonds is 1. The van der Waals surface area contributed by atoms with E-state index in [0.717, 1.165) is 5.56 Å². The fraction of sp³-hybridized carbons (Fsp3) is 0. The SMILES string of the molecule is FC1=C(c2ccccc2)NSC=C1. The first kappa shape index (κ1) is 8.38. The highest BCUT2D eigenvalue weighted by atomic mass is 32.2. The number of allylic oxidation sites excluding steroid dienone is 2. The van der Waals surface area contributed by atoms with Crippen LogP contribution in [0.3, 0.4) is 0 Å². The van der Waals surface area contributed by atoms with E-state index >= 15 is 0 Å². The molecule has 1 N–H and O–H groups in total. The molecule has 3 heteroatoms. The Morgan fingerprint density at radius 1 is 1.15 bits per heavy atom. The van der Waals surface area contributed by atoms with Crippen LogP contribution >= 0.6 is 11.9 Å². The Labute approximate surface area is 80.5 Å². The second kappa shape index (κ2) is 3.66. The summed E-state index contributed by atoms with van der Waals surface area (Å²) >= 11 is 1.37. The Kier molecular flexibility index (Phi) is 2.36. The smallest absolute Gasteiger partial charge is 0.148 e. The predicted molar refractivity (Wildman–Crippen MR) is 54.3 cm³/mol. The number of hydrogen-bond donors (Lipinski definition) is 1. The van der Waals surface area contributed by atoms with Crippen molar-refractivity contribution in [3.63, 3.8) is 0 Å². The van der Waals surface area contributed by atoms with Crippen molar-refractivity contribution in [3.05, 3.63) is 53.2 Å². The topological polar surface area (TPSA) is 12.0 Å². The molecule has 0 aliphatic carbocycles. The van der Waals surface area contributed by atoms with Crippen molar-refractivity contribution in [3.8, 4) is 0 Å². The van der Waals surface area contributed by atoms with Crippen LogP contribution in [-0.2, 0) is 0 Å². The van der Waals surface area contributed by atoms with Gasteiger partial charge in [0.05, 0.1) is 5.70 Å². The Hall–Kier alpha value is -1.22. The lowest BCUT2D eigenvalue weighted by Crippen LogP contribution is -2.05. The van der Waals surface area contributed by atoms with E-state index in [1.54, 1.807) is 5.41 Å². The fourth-order valence-corrected chi connectivity index (χ4v) is 1.71. The molecule has 2 rings (SSSR count). The highest BCUT2D eigenvalue weighted by molar-refractivity contribution is 8.00. The zero-order valence-corrected chi connectivity index (χ0v) is 7.64. The number of benzene rings is 1. The van der Waals surface area contributed by atoms with Crippen molar-refractivity contribution in [2.45, 2.75) is 0 Å². The van der Waals surface area contributed by atoms with Gasteiger partial charge in [0.2, 0.25) is 0 Å². The van der Waals surface area contributed by atoms with Crippen LogP contribution < -0.4 is 4.72 Å². The summed E-state index contributed by atoms with van der Waals surface area (Å²) in [5.74, 6) is -0.218. The van der Waals surface area contributed by atoms with E-state index in [-0.39, 0.29) is 5.83 Å². The Bertz CT molecular complexity index is 356. The maximum Gasteiger partial charge on any atom is 0.148 e. The van der Waals surface area contributed by atoms with E-state index in [9.17, 15) is 4.39 Å². The first-order valence-electron chi connectivity index (χ1n) is 3.91. The summed E-state index contributed by atoms with van der Waals surface area (Å²) in [6.07, 6.45) is 1.46. The molecule has 0 fully saturated rings. The minimum Gasteiger partial charge on any atom is -0.323 e. The number of hydrogen-bond acceptors (Lipinski definition) is 2. The van der Waals surface area contributed by atoms with E-state index in [1.807, 2.05) is 30.3 Å². The monoisotopic (exact) mass is 193 g/mol. The lowest BCUT2D eigenvalue weighted by molar-refractivity contribution is 0.666. The van der Waals surface area contributed by atoms with Gasteiger partial charge in [0, 0.05) is 5.56 Å². The average molecular weight is 193 g/mol. The van der Waals surface area contributed by atoms with Crippen LogP contribution in [0.5, 0.6) is 0 Å². The van der Waals surface area contributed by atoms with Crippen LogP contribution in [-0.4, -0.2) is 0 Å². The lowest BCUT2D eigenvalue weighted by Gasteiger charge is -2.12. The first-order chi connectivity index (χ1) is 6.38. The summed E-state index contributed by atoms with van der Waals surface area (Å²) in [6, 6.07) is 9.44. The molecule has 1 nitrogen and oxygen atoms in total. The summed E-state index contributed by atoms with van der Waals surface area (Å²) in [5.41, 5.74) is 1.42. The van der Waals surface area contributed by atoms with E-state index in [2.05, 4.69) is 4.72 Å². The second-order valence-electron chi connectivity index (χ2n) is 2.61. The van der Waals surface area contributed by atoms with Crippen molar-refractivity contribution in [1.29, 1.82) is 0 Å². The highest BCUT2D eigenvalue weighted by Gasteiger charge is 2.09. The molecule has 0 bridgehead atoms. The van der Waals surface area contributed by atoms with Gasteiger partial charge in [-0.3, -0.25) is 0 Å². The van der Waals surface area contributed by atoms with Crippen LogP contribution in [0.25, 0.3) is 5.70 Å². The van der Waals surface area contributed by atoms with E-state index < -0.39 is 0 Å². The zero-order chi connectivity index (χ0) is 9.10. The Morgan fingerprint density at radius 2 is 1.92 bits per heavy atom. The van der Waals surface area contributed by atoms with Crippen LogP contribution in [0.4, 0.5) is 4.39 Å². The lowest BCUT2D eigenvalue weighted by atomic mass is 10.1. The molecule has 13 heavy (non-hydrogen) atoms. The molecule has 0 saturated carbocycles. The van der Waals surface area contributed by atoms with Gasteiger partial charge >= 0.3 is 0 Å². The molecule has 1 aliphatic heterocycles. The van der Waals surface area contributed by atoms with E-state index in [4.69, 9.17) is 0 Å². The molecule has 0 amide bonds. The Balaban J connectivity index is 2.41. The van der Waals surface area contributed by atoms with Crippen molar-refractivity contribution in [2.24, 2.45) is 0 Å². The van der Waals surface area contributed by atoms with Crippen LogP contribution in [0.1, 0.15) is 5.56 Å². The van der Waals surface area contributed by atoms with Gasteiger partial charge in [0.25, 0.3) is 0 Å². The quantitative estimate of drug-likeness (QED) is 0.688. The molecule has 0 saturated heterocycles. The molecule has 0 aromatic heterocycles. The summed E-state index contributed by atoms with van der Waals surface area (Å²) in [7, 11) is 0. The molecule has 1 aliphatic rings. The number of nitrogens with one attached hydrogen (secondary N) is 1. The fourth-order valence-electron chi connectivity index (χ4n) is 1.12.